The van der Waals surface area contributed by atoms with Crippen LogP contribution in [0.4, 0.5) is 0 Å². The number of ether oxygens (including phenoxy) is 2. The minimum absolute atomic E-state index is 0.0928. The molecule has 0 aliphatic carbocycles. The lowest BCUT2D eigenvalue weighted by Gasteiger charge is -2.03. The summed E-state index contributed by atoms with van der Waals surface area (Å²) in [5.74, 6) is 1.70. The summed E-state index contributed by atoms with van der Waals surface area (Å²) in [6, 6.07) is 12.6. The monoisotopic (exact) mass is 342 g/mol. The molecule has 130 valence electrons. The van der Waals surface area contributed by atoms with Crippen molar-refractivity contribution >= 4 is 5.97 Å². The lowest BCUT2D eigenvalue weighted by atomic mass is 10.2. The second-order valence-corrected chi connectivity index (χ2v) is 5.64. The van der Waals surface area contributed by atoms with Crippen molar-refractivity contribution in [2.24, 2.45) is 0 Å². The van der Waals surface area contributed by atoms with Gasteiger partial charge in [0.25, 0.3) is 5.89 Å². The van der Waals surface area contributed by atoms with Gasteiger partial charge in [0.2, 0.25) is 5.76 Å². The Balaban J connectivity index is 1.51. The van der Waals surface area contributed by atoms with Crippen molar-refractivity contribution in [1.82, 2.24) is 10.1 Å². The van der Waals surface area contributed by atoms with Crippen molar-refractivity contribution in [3.63, 3.8) is 0 Å². The van der Waals surface area contributed by atoms with Crippen LogP contribution in [-0.4, -0.2) is 16.1 Å². The first-order valence-electron chi connectivity index (χ1n) is 7.88. The molecule has 7 heteroatoms. The number of nitrogens with zero attached hydrogens (tertiary/aromatic N) is 2. The summed E-state index contributed by atoms with van der Waals surface area (Å²) in [5.41, 5.74) is 0. The van der Waals surface area contributed by atoms with Gasteiger partial charge in [-0.3, -0.25) is 0 Å². The highest BCUT2D eigenvalue weighted by Gasteiger charge is 2.16. The molecule has 0 amide bonds. The Labute approximate surface area is 144 Å². The molecule has 0 bridgehead atoms. The van der Waals surface area contributed by atoms with Gasteiger partial charge in [0.15, 0.2) is 12.4 Å². The molecule has 2 heterocycles. The summed E-state index contributed by atoms with van der Waals surface area (Å²) in [5, 5.41) is 3.81. The minimum Gasteiger partial charge on any atom is -0.486 e. The van der Waals surface area contributed by atoms with Crippen LogP contribution in [0.3, 0.4) is 0 Å². The van der Waals surface area contributed by atoms with Crippen molar-refractivity contribution in [3.8, 4) is 5.75 Å². The maximum Gasteiger partial charge on any atom is 0.374 e. The first kappa shape index (κ1) is 16.8. The van der Waals surface area contributed by atoms with Gasteiger partial charge >= 0.3 is 5.97 Å². The van der Waals surface area contributed by atoms with E-state index in [2.05, 4.69) is 10.1 Å². The highest BCUT2D eigenvalue weighted by atomic mass is 16.6. The molecule has 0 unspecified atom stereocenters. The fraction of sp³-hybridized carbons (Fsp3) is 0.278. The van der Waals surface area contributed by atoms with E-state index in [1.807, 2.05) is 44.2 Å². The number of rotatable bonds is 7. The summed E-state index contributed by atoms with van der Waals surface area (Å²) < 4.78 is 21.1. The number of para-hydroxylation sites is 1. The lowest BCUT2D eigenvalue weighted by Crippen LogP contribution is -2.04. The van der Waals surface area contributed by atoms with E-state index >= 15 is 0 Å². The molecule has 0 radical (unpaired) electrons. The molecule has 0 spiro atoms. The van der Waals surface area contributed by atoms with E-state index < -0.39 is 5.97 Å². The summed E-state index contributed by atoms with van der Waals surface area (Å²) in [4.78, 5) is 16.1. The van der Waals surface area contributed by atoms with Gasteiger partial charge in [-0.2, -0.15) is 4.98 Å². The van der Waals surface area contributed by atoms with Gasteiger partial charge in [-0.1, -0.05) is 37.2 Å². The largest absolute Gasteiger partial charge is 0.486 e. The Hall–Kier alpha value is -3.09. The predicted octanol–water partition coefficient (Wildman–Crippen LogP) is 3.72. The van der Waals surface area contributed by atoms with Gasteiger partial charge in [-0.05, 0) is 24.3 Å². The van der Waals surface area contributed by atoms with Gasteiger partial charge in [-0.15, -0.1) is 0 Å². The molecule has 0 fully saturated rings. The highest BCUT2D eigenvalue weighted by Crippen LogP contribution is 2.15. The van der Waals surface area contributed by atoms with Crippen LogP contribution in [0.25, 0.3) is 0 Å². The highest BCUT2D eigenvalue weighted by molar-refractivity contribution is 5.86. The van der Waals surface area contributed by atoms with Crippen LogP contribution in [0, 0.1) is 0 Å². The maximum atomic E-state index is 12.0. The molecule has 2 aromatic heterocycles. The molecule has 0 saturated heterocycles. The molecule has 25 heavy (non-hydrogen) atoms. The van der Waals surface area contributed by atoms with Crippen LogP contribution >= 0.6 is 0 Å². The molecule has 0 aliphatic heterocycles. The minimum atomic E-state index is -0.602. The predicted molar refractivity (Wildman–Crippen MR) is 87.0 cm³/mol. The molecular formula is C18H18N2O5. The van der Waals surface area contributed by atoms with Crippen LogP contribution in [-0.2, 0) is 18.0 Å². The van der Waals surface area contributed by atoms with E-state index in [9.17, 15) is 4.79 Å². The first-order chi connectivity index (χ1) is 12.1. The van der Waals surface area contributed by atoms with Crippen LogP contribution in [0.5, 0.6) is 5.75 Å². The maximum absolute atomic E-state index is 12.0. The van der Waals surface area contributed by atoms with Gasteiger partial charge in [0.05, 0.1) is 0 Å². The van der Waals surface area contributed by atoms with Crippen LogP contribution in [0.2, 0.25) is 0 Å². The van der Waals surface area contributed by atoms with Crippen molar-refractivity contribution in [3.05, 3.63) is 65.7 Å². The number of hydrogen-bond acceptors (Lipinski definition) is 7. The van der Waals surface area contributed by atoms with Crippen LogP contribution < -0.4 is 4.74 Å². The molecule has 0 saturated carbocycles. The van der Waals surface area contributed by atoms with Crippen LogP contribution in [0.1, 0.15) is 47.8 Å². The molecule has 7 nitrogen and oxygen atoms in total. The Morgan fingerprint density at radius 1 is 1.12 bits per heavy atom. The summed E-state index contributed by atoms with van der Waals surface area (Å²) in [7, 11) is 0. The molecule has 3 rings (SSSR count). The van der Waals surface area contributed by atoms with E-state index in [1.165, 1.54) is 0 Å². The van der Waals surface area contributed by atoms with Crippen molar-refractivity contribution in [1.29, 1.82) is 0 Å². The Morgan fingerprint density at radius 3 is 2.64 bits per heavy atom. The Kier molecular flexibility index (Phi) is 5.13. The normalized spacial score (nSPS) is 10.8. The van der Waals surface area contributed by atoms with Crippen molar-refractivity contribution < 1.29 is 23.2 Å². The first-order valence-corrected chi connectivity index (χ1v) is 7.88. The zero-order valence-corrected chi connectivity index (χ0v) is 14.0. The third-order valence-corrected chi connectivity index (χ3v) is 3.31. The third-order valence-electron chi connectivity index (χ3n) is 3.31. The van der Waals surface area contributed by atoms with Crippen molar-refractivity contribution in [2.45, 2.75) is 33.0 Å². The van der Waals surface area contributed by atoms with E-state index in [-0.39, 0.29) is 30.8 Å². The fourth-order valence-corrected chi connectivity index (χ4v) is 2.00. The van der Waals surface area contributed by atoms with E-state index in [1.54, 1.807) is 12.1 Å². The number of carbonyl (C=O) groups is 1. The Morgan fingerprint density at radius 2 is 1.92 bits per heavy atom. The second-order valence-electron chi connectivity index (χ2n) is 5.64. The molecule has 1 aromatic carbocycles. The SMILES string of the molecule is CC(C)c1noc(COC(=O)c2ccc(COc3ccccc3)o2)n1. The number of hydrogen-bond donors (Lipinski definition) is 0. The molecule has 0 N–H and O–H groups in total. The van der Waals surface area contributed by atoms with E-state index in [0.29, 0.717) is 11.6 Å². The van der Waals surface area contributed by atoms with Crippen molar-refractivity contribution in [2.75, 3.05) is 0 Å². The van der Waals surface area contributed by atoms with E-state index in [0.717, 1.165) is 5.75 Å². The number of aromatic nitrogens is 2. The van der Waals surface area contributed by atoms with Gasteiger partial charge in [0, 0.05) is 5.92 Å². The van der Waals surface area contributed by atoms with Gasteiger partial charge in [-0.25, -0.2) is 4.79 Å². The standard InChI is InChI=1S/C18H18N2O5/c1-12(2)17-19-16(25-20-17)11-23-18(21)15-9-8-14(24-15)10-22-13-6-4-3-5-7-13/h3-9,12H,10-11H2,1-2H3. The number of benzene rings is 1. The number of carbonyl (C=O) groups excluding carboxylic acids is 1. The number of furan rings is 1. The summed E-state index contributed by atoms with van der Waals surface area (Å²) >= 11 is 0. The smallest absolute Gasteiger partial charge is 0.374 e. The molecule has 0 aliphatic rings. The zero-order chi connectivity index (χ0) is 17.6. The average Bonchev–Trinajstić information content (AvgIpc) is 3.28. The Bertz CT molecular complexity index is 823. The van der Waals surface area contributed by atoms with Crippen LogP contribution in [0.15, 0.2) is 51.4 Å². The quantitative estimate of drug-likeness (QED) is 0.605. The molecule has 3 aromatic rings. The summed E-state index contributed by atoms with van der Waals surface area (Å²) in [6.45, 7) is 4.01. The van der Waals surface area contributed by atoms with Gasteiger partial charge in [0.1, 0.15) is 18.1 Å². The summed E-state index contributed by atoms with van der Waals surface area (Å²) in [6.07, 6.45) is 0. The van der Waals surface area contributed by atoms with Gasteiger partial charge < -0.3 is 18.4 Å². The molecular weight excluding hydrogens is 324 g/mol. The van der Waals surface area contributed by atoms with E-state index in [4.69, 9.17) is 18.4 Å². The third kappa shape index (κ3) is 4.47. The molecule has 0 atom stereocenters. The average molecular weight is 342 g/mol. The lowest BCUT2D eigenvalue weighted by molar-refractivity contribution is 0.0390. The second kappa shape index (κ2) is 7.65. The fourth-order valence-electron chi connectivity index (χ4n) is 2.00. The number of esters is 1. The zero-order valence-electron chi connectivity index (χ0n) is 14.0. The topological polar surface area (TPSA) is 87.6 Å².